The van der Waals surface area contributed by atoms with Crippen molar-refractivity contribution in [2.75, 3.05) is 0 Å². The number of sulfone groups is 1. The molecule has 0 unspecified atom stereocenters. The van der Waals surface area contributed by atoms with Gasteiger partial charge in [-0.3, -0.25) is 0 Å². The van der Waals surface area contributed by atoms with Crippen molar-refractivity contribution in [3.8, 4) is 0 Å². The summed E-state index contributed by atoms with van der Waals surface area (Å²) in [5.74, 6) is 0.540. The molecule has 3 nitrogen and oxygen atoms in total. The highest BCUT2D eigenvalue weighted by molar-refractivity contribution is 7.95. The Kier molecular flexibility index (Phi) is 4.75. The summed E-state index contributed by atoms with van der Waals surface area (Å²) in [5, 5.41) is -0.0515. The Morgan fingerprint density at radius 1 is 1.29 bits per heavy atom. The average molecular weight is 253 g/mol. The van der Waals surface area contributed by atoms with Crippen LogP contribution in [-0.2, 0) is 9.84 Å². The van der Waals surface area contributed by atoms with E-state index in [-0.39, 0.29) is 9.92 Å². The molecule has 4 heteroatoms. The lowest BCUT2D eigenvalue weighted by atomic mass is 10.1. The van der Waals surface area contributed by atoms with Gasteiger partial charge in [0, 0.05) is 0 Å². The Bertz CT molecular complexity index is 475. The zero-order valence-corrected chi connectivity index (χ0v) is 11.1. The van der Waals surface area contributed by atoms with Gasteiger partial charge in [-0.2, -0.15) is 0 Å². The molecular formula is C13H19NO2S. The molecule has 0 aliphatic heterocycles. The lowest BCUT2D eigenvalue weighted by Gasteiger charge is -2.05. The van der Waals surface area contributed by atoms with E-state index in [1.165, 1.54) is 0 Å². The van der Waals surface area contributed by atoms with Crippen LogP contribution in [0.4, 0.5) is 0 Å². The van der Waals surface area contributed by atoms with E-state index < -0.39 is 9.84 Å². The minimum absolute atomic E-state index is 0.0515. The summed E-state index contributed by atoms with van der Waals surface area (Å²) in [5.41, 5.74) is 5.64. The topological polar surface area (TPSA) is 60.2 Å². The van der Waals surface area contributed by atoms with E-state index in [1.807, 2.05) is 0 Å². The van der Waals surface area contributed by atoms with E-state index in [0.717, 1.165) is 6.42 Å². The van der Waals surface area contributed by atoms with Crippen LogP contribution < -0.4 is 5.73 Å². The third-order valence-corrected chi connectivity index (χ3v) is 4.13. The zero-order chi connectivity index (χ0) is 12.9. The van der Waals surface area contributed by atoms with Crippen LogP contribution in [0.5, 0.6) is 0 Å². The first-order valence-electron chi connectivity index (χ1n) is 5.70. The van der Waals surface area contributed by atoms with Gasteiger partial charge in [-0.05, 0) is 37.0 Å². The molecular weight excluding hydrogens is 234 g/mol. The van der Waals surface area contributed by atoms with Gasteiger partial charge in [-0.25, -0.2) is 8.42 Å². The fourth-order valence-corrected chi connectivity index (χ4v) is 2.53. The maximum atomic E-state index is 12.0. The molecule has 94 valence electrons. The summed E-state index contributed by atoms with van der Waals surface area (Å²) in [4.78, 5) is 0.248. The SMILES string of the molecule is CC(C)CCC=C(N)S(=O)(=O)c1ccccc1. The second kappa shape index (κ2) is 5.87. The van der Waals surface area contributed by atoms with E-state index in [0.29, 0.717) is 12.3 Å². The van der Waals surface area contributed by atoms with Crippen LogP contribution in [0.3, 0.4) is 0 Å². The summed E-state index contributed by atoms with van der Waals surface area (Å²) in [6.45, 7) is 4.19. The molecule has 1 rings (SSSR count). The normalized spacial score (nSPS) is 13.0. The fourth-order valence-electron chi connectivity index (χ4n) is 1.40. The quantitative estimate of drug-likeness (QED) is 0.877. The van der Waals surface area contributed by atoms with Gasteiger partial charge in [0.1, 0.15) is 5.03 Å². The highest BCUT2D eigenvalue weighted by Gasteiger charge is 2.16. The maximum absolute atomic E-state index is 12.0. The van der Waals surface area contributed by atoms with Crippen LogP contribution in [0.15, 0.2) is 46.3 Å². The van der Waals surface area contributed by atoms with Crippen LogP contribution in [0, 0.1) is 5.92 Å². The number of hydrogen-bond donors (Lipinski definition) is 1. The Balaban J connectivity index is 2.85. The third-order valence-electron chi connectivity index (χ3n) is 2.45. The first kappa shape index (κ1) is 13.8. The van der Waals surface area contributed by atoms with Gasteiger partial charge < -0.3 is 5.73 Å². The Hall–Kier alpha value is -1.29. The van der Waals surface area contributed by atoms with E-state index in [9.17, 15) is 8.42 Å². The van der Waals surface area contributed by atoms with Crippen molar-refractivity contribution >= 4 is 9.84 Å². The predicted molar refractivity (Wildman–Crippen MR) is 70.0 cm³/mol. The molecule has 17 heavy (non-hydrogen) atoms. The summed E-state index contributed by atoms with van der Waals surface area (Å²) in [7, 11) is -3.50. The molecule has 0 radical (unpaired) electrons. The van der Waals surface area contributed by atoms with Crippen molar-refractivity contribution in [1.82, 2.24) is 0 Å². The average Bonchev–Trinajstić information content (AvgIpc) is 2.29. The number of nitrogens with two attached hydrogens (primary N) is 1. The van der Waals surface area contributed by atoms with Gasteiger partial charge in [0.05, 0.1) is 4.90 Å². The Labute approximate surface area is 103 Å². The first-order valence-corrected chi connectivity index (χ1v) is 7.18. The predicted octanol–water partition coefficient (Wildman–Crippen LogP) is 2.70. The van der Waals surface area contributed by atoms with Gasteiger partial charge in [0.15, 0.2) is 0 Å². The Morgan fingerprint density at radius 2 is 1.88 bits per heavy atom. The number of allylic oxidation sites excluding steroid dienone is 1. The molecule has 0 bridgehead atoms. The van der Waals surface area contributed by atoms with Crippen molar-refractivity contribution in [2.45, 2.75) is 31.6 Å². The monoisotopic (exact) mass is 253 g/mol. The number of rotatable bonds is 5. The maximum Gasteiger partial charge on any atom is 0.220 e. The van der Waals surface area contributed by atoms with Gasteiger partial charge >= 0.3 is 0 Å². The van der Waals surface area contributed by atoms with Crippen LogP contribution in [-0.4, -0.2) is 8.42 Å². The van der Waals surface area contributed by atoms with E-state index in [2.05, 4.69) is 13.8 Å². The molecule has 0 aliphatic rings. The standard InChI is InChI=1S/C13H19NO2S/c1-11(2)7-6-10-13(14)17(15,16)12-8-4-3-5-9-12/h3-5,8-11H,6-7,14H2,1-2H3. The highest BCUT2D eigenvalue weighted by atomic mass is 32.2. The summed E-state index contributed by atoms with van der Waals surface area (Å²) in [6, 6.07) is 8.26. The van der Waals surface area contributed by atoms with E-state index in [1.54, 1.807) is 36.4 Å². The van der Waals surface area contributed by atoms with Gasteiger partial charge in [0.2, 0.25) is 9.84 Å². The van der Waals surface area contributed by atoms with Crippen molar-refractivity contribution in [3.63, 3.8) is 0 Å². The first-order chi connectivity index (χ1) is 7.94. The molecule has 0 heterocycles. The highest BCUT2D eigenvalue weighted by Crippen LogP contribution is 2.16. The summed E-state index contributed by atoms with van der Waals surface area (Å²) < 4.78 is 24.0. The molecule has 0 fully saturated rings. The van der Waals surface area contributed by atoms with Crippen molar-refractivity contribution < 1.29 is 8.42 Å². The van der Waals surface area contributed by atoms with Crippen LogP contribution >= 0.6 is 0 Å². The lowest BCUT2D eigenvalue weighted by Crippen LogP contribution is -2.12. The Morgan fingerprint density at radius 3 is 2.41 bits per heavy atom. The molecule has 1 aromatic rings. The van der Waals surface area contributed by atoms with Crippen LogP contribution in [0.25, 0.3) is 0 Å². The largest absolute Gasteiger partial charge is 0.389 e. The molecule has 1 aromatic carbocycles. The molecule has 2 N–H and O–H groups in total. The van der Waals surface area contributed by atoms with Crippen molar-refractivity contribution in [3.05, 3.63) is 41.4 Å². The van der Waals surface area contributed by atoms with Crippen LogP contribution in [0.1, 0.15) is 26.7 Å². The molecule has 0 amide bonds. The molecule has 0 spiro atoms. The van der Waals surface area contributed by atoms with Crippen LogP contribution in [0.2, 0.25) is 0 Å². The summed E-state index contributed by atoms with van der Waals surface area (Å²) >= 11 is 0. The smallest absolute Gasteiger partial charge is 0.220 e. The second-order valence-corrected chi connectivity index (χ2v) is 6.34. The fraction of sp³-hybridized carbons (Fsp3) is 0.385. The number of benzene rings is 1. The van der Waals surface area contributed by atoms with E-state index in [4.69, 9.17) is 5.73 Å². The molecule has 0 saturated heterocycles. The van der Waals surface area contributed by atoms with Gasteiger partial charge in [-0.15, -0.1) is 0 Å². The van der Waals surface area contributed by atoms with Crippen molar-refractivity contribution in [2.24, 2.45) is 11.7 Å². The zero-order valence-electron chi connectivity index (χ0n) is 10.3. The number of hydrogen-bond acceptors (Lipinski definition) is 3. The molecule has 0 aromatic heterocycles. The lowest BCUT2D eigenvalue weighted by molar-refractivity contribution is 0.590. The van der Waals surface area contributed by atoms with Gasteiger partial charge in [-0.1, -0.05) is 32.0 Å². The van der Waals surface area contributed by atoms with Gasteiger partial charge in [0.25, 0.3) is 0 Å². The minimum atomic E-state index is -3.50. The molecule has 0 atom stereocenters. The minimum Gasteiger partial charge on any atom is -0.389 e. The summed E-state index contributed by atoms with van der Waals surface area (Å²) in [6.07, 6.45) is 3.23. The molecule has 0 saturated carbocycles. The van der Waals surface area contributed by atoms with Crippen molar-refractivity contribution in [1.29, 1.82) is 0 Å². The third kappa shape index (κ3) is 3.89. The molecule has 0 aliphatic carbocycles. The second-order valence-electron chi connectivity index (χ2n) is 4.39. The van der Waals surface area contributed by atoms with E-state index >= 15 is 0 Å².